The number of aromatic amines is 1. The van der Waals surface area contributed by atoms with Gasteiger partial charge < -0.3 is 0 Å². The number of thioether (sulfide) groups is 1. The molecule has 0 aliphatic heterocycles. The molecule has 0 aliphatic rings. The Labute approximate surface area is 160 Å². The Morgan fingerprint density at radius 3 is 2.42 bits per heavy atom. The predicted octanol–water partition coefficient (Wildman–Crippen LogP) is 5.94. The highest BCUT2D eigenvalue weighted by Gasteiger charge is 2.19. The molecule has 2 aromatic carbocycles. The number of hydrogen-bond donors (Lipinski definition) is 1. The van der Waals surface area contributed by atoms with Crippen LogP contribution in [0.2, 0.25) is 15.1 Å². The summed E-state index contributed by atoms with van der Waals surface area (Å²) in [6.07, 6.45) is 5.86. The molecule has 0 amide bonds. The zero-order chi connectivity index (χ0) is 16.9. The van der Waals surface area contributed by atoms with Crippen molar-refractivity contribution < 1.29 is 4.57 Å². The van der Waals surface area contributed by atoms with E-state index in [2.05, 4.69) is 21.7 Å². The molecule has 0 unspecified atom stereocenters. The predicted molar refractivity (Wildman–Crippen MR) is 103 cm³/mol. The maximum absolute atomic E-state index is 6.43. The van der Waals surface area contributed by atoms with Gasteiger partial charge in [-0.15, -0.1) is 11.8 Å². The monoisotopic (exact) mass is 397 g/mol. The van der Waals surface area contributed by atoms with E-state index in [1.807, 2.05) is 54.7 Å². The lowest BCUT2D eigenvalue weighted by Crippen LogP contribution is -2.33. The Kier molecular flexibility index (Phi) is 6.12. The van der Waals surface area contributed by atoms with E-state index in [0.717, 1.165) is 22.9 Å². The second kappa shape index (κ2) is 8.30. The summed E-state index contributed by atoms with van der Waals surface area (Å²) >= 11 is 20.3. The van der Waals surface area contributed by atoms with Crippen molar-refractivity contribution in [3.8, 4) is 0 Å². The molecule has 6 heteroatoms. The lowest BCUT2D eigenvalue weighted by atomic mass is 10.1. The molecule has 124 valence electrons. The van der Waals surface area contributed by atoms with E-state index in [4.69, 9.17) is 34.8 Å². The van der Waals surface area contributed by atoms with Crippen molar-refractivity contribution in [1.82, 2.24) is 4.98 Å². The molecule has 0 spiro atoms. The average molecular weight is 399 g/mol. The van der Waals surface area contributed by atoms with Gasteiger partial charge in [-0.2, -0.15) is 0 Å². The molecular formula is C18H16Cl3N2S+. The number of rotatable bonds is 6. The lowest BCUT2D eigenvalue weighted by molar-refractivity contribution is -0.695. The van der Waals surface area contributed by atoms with Crippen molar-refractivity contribution in [3.63, 3.8) is 0 Å². The van der Waals surface area contributed by atoms with Crippen molar-refractivity contribution >= 4 is 46.6 Å². The van der Waals surface area contributed by atoms with Gasteiger partial charge >= 0.3 is 0 Å². The van der Waals surface area contributed by atoms with Crippen LogP contribution in [0.5, 0.6) is 0 Å². The third kappa shape index (κ3) is 4.70. The summed E-state index contributed by atoms with van der Waals surface area (Å²) in [4.78, 5) is 3.08. The third-order valence-corrected chi connectivity index (χ3v) is 5.77. The molecule has 3 aromatic rings. The van der Waals surface area contributed by atoms with Crippen molar-refractivity contribution in [2.45, 2.75) is 17.5 Å². The fraction of sp³-hybridized carbons (Fsp3) is 0.167. The van der Waals surface area contributed by atoms with Crippen LogP contribution in [0.25, 0.3) is 0 Å². The summed E-state index contributed by atoms with van der Waals surface area (Å²) in [6, 6.07) is 13.7. The zero-order valence-electron chi connectivity index (χ0n) is 12.8. The van der Waals surface area contributed by atoms with Crippen LogP contribution in [0, 0.1) is 0 Å². The first kappa shape index (κ1) is 17.7. The number of aromatic nitrogens is 2. The first-order chi connectivity index (χ1) is 11.6. The highest BCUT2D eigenvalue weighted by Crippen LogP contribution is 2.37. The molecule has 1 heterocycles. The maximum atomic E-state index is 6.43. The minimum absolute atomic E-state index is 0.214. The average Bonchev–Trinajstić information content (AvgIpc) is 3.06. The SMILES string of the molecule is Clc1ccc(CS[C@H](C[n+]2cc[nH]c2)c2ccc(Cl)cc2Cl)cc1. The number of imidazole rings is 1. The molecule has 0 saturated carbocycles. The number of hydrogen-bond acceptors (Lipinski definition) is 1. The number of nitrogens with zero attached hydrogens (tertiary/aromatic N) is 1. The van der Waals surface area contributed by atoms with Gasteiger partial charge in [-0.3, -0.25) is 4.98 Å². The van der Waals surface area contributed by atoms with Gasteiger partial charge in [0.2, 0.25) is 6.33 Å². The summed E-state index contributed by atoms with van der Waals surface area (Å²) < 4.78 is 2.12. The smallest absolute Gasteiger partial charge is 0.241 e. The van der Waals surface area contributed by atoms with Crippen LogP contribution in [0.15, 0.2) is 61.2 Å². The van der Waals surface area contributed by atoms with E-state index in [1.165, 1.54) is 5.56 Å². The van der Waals surface area contributed by atoms with E-state index in [1.54, 1.807) is 6.07 Å². The highest BCUT2D eigenvalue weighted by atomic mass is 35.5. The van der Waals surface area contributed by atoms with E-state index < -0.39 is 0 Å². The summed E-state index contributed by atoms with van der Waals surface area (Å²) in [5.74, 6) is 0.881. The van der Waals surface area contributed by atoms with Crippen molar-refractivity contribution in [3.05, 3.63) is 87.4 Å². The molecule has 0 saturated heterocycles. The molecule has 0 radical (unpaired) electrons. The second-order valence-corrected chi connectivity index (χ2v) is 7.87. The van der Waals surface area contributed by atoms with Gasteiger partial charge in [-0.25, -0.2) is 4.57 Å². The molecular weight excluding hydrogens is 383 g/mol. The summed E-state index contributed by atoms with van der Waals surface area (Å²) in [5, 5.41) is 2.32. The van der Waals surface area contributed by atoms with Crippen LogP contribution in [-0.4, -0.2) is 4.98 Å². The molecule has 3 rings (SSSR count). The van der Waals surface area contributed by atoms with E-state index >= 15 is 0 Å². The second-order valence-electron chi connectivity index (χ2n) is 5.40. The van der Waals surface area contributed by atoms with Gasteiger partial charge in [0, 0.05) is 20.8 Å². The number of benzene rings is 2. The topological polar surface area (TPSA) is 19.7 Å². The molecule has 1 atom stereocenters. The third-order valence-electron chi connectivity index (χ3n) is 3.65. The van der Waals surface area contributed by atoms with Gasteiger partial charge in [-0.05, 0) is 35.4 Å². The van der Waals surface area contributed by atoms with Crippen molar-refractivity contribution in [2.24, 2.45) is 0 Å². The maximum Gasteiger partial charge on any atom is 0.241 e. The summed E-state index contributed by atoms with van der Waals surface area (Å²) in [7, 11) is 0. The Morgan fingerprint density at radius 2 is 1.75 bits per heavy atom. The minimum atomic E-state index is 0.214. The van der Waals surface area contributed by atoms with Gasteiger partial charge in [0.05, 0.1) is 5.25 Å². The Bertz CT molecular complexity index is 789. The fourth-order valence-corrected chi connectivity index (χ4v) is 4.39. The van der Waals surface area contributed by atoms with E-state index in [-0.39, 0.29) is 5.25 Å². The van der Waals surface area contributed by atoms with Gasteiger partial charge in [0.15, 0.2) is 0 Å². The zero-order valence-corrected chi connectivity index (χ0v) is 15.8. The molecule has 0 bridgehead atoms. The van der Waals surface area contributed by atoms with E-state index in [9.17, 15) is 0 Å². The van der Waals surface area contributed by atoms with Crippen molar-refractivity contribution in [1.29, 1.82) is 0 Å². The summed E-state index contributed by atoms with van der Waals surface area (Å²) in [6.45, 7) is 0.823. The molecule has 2 nitrogen and oxygen atoms in total. The molecule has 1 aromatic heterocycles. The van der Waals surface area contributed by atoms with Crippen LogP contribution in [0.4, 0.5) is 0 Å². The Hall–Kier alpha value is -1.13. The Balaban J connectivity index is 1.80. The normalized spacial score (nSPS) is 12.3. The van der Waals surface area contributed by atoms with Gasteiger partial charge in [-0.1, -0.05) is 53.0 Å². The van der Waals surface area contributed by atoms with Crippen LogP contribution >= 0.6 is 46.6 Å². The van der Waals surface area contributed by atoms with Crippen molar-refractivity contribution in [2.75, 3.05) is 0 Å². The Morgan fingerprint density at radius 1 is 1.00 bits per heavy atom. The van der Waals surface area contributed by atoms with Crippen LogP contribution in [0.3, 0.4) is 0 Å². The minimum Gasteiger partial charge on any atom is -0.250 e. The number of nitrogens with one attached hydrogen (secondary N) is 1. The number of H-pyrrole nitrogens is 1. The largest absolute Gasteiger partial charge is 0.250 e. The molecule has 1 N–H and O–H groups in total. The summed E-state index contributed by atoms with van der Waals surface area (Å²) in [5.41, 5.74) is 2.33. The quantitative estimate of drug-likeness (QED) is 0.509. The first-order valence-corrected chi connectivity index (χ1v) is 9.63. The highest BCUT2D eigenvalue weighted by molar-refractivity contribution is 7.98. The first-order valence-electron chi connectivity index (χ1n) is 7.44. The van der Waals surface area contributed by atoms with Crippen LogP contribution in [-0.2, 0) is 12.3 Å². The molecule has 0 aliphatic carbocycles. The molecule has 24 heavy (non-hydrogen) atoms. The van der Waals surface area contributed by atoms with Crippen LogP contribution in [0.1, 0.15) is 16.4 Å². The molecule has 0 fully saturated rings. The van der Waals surface area contributed by atoms with E-state index in [0.29, 0.717) is 10.0 Å². The van der Waals surface area contributed by atoms with Gasteiger partial charge in [0.1, 0.15) is 18.9 Å². The standard InChI is InChI=1S/C18H15Cl3N2S/c19-14-3-1-13(2-4-14)11-24-18(10-23-8-7-22-12-23)16-6-5-15(20)9-17(16)21/h1-9,12,18H,10-11H2/p+1/t18-/m1/s1. The fourth-order valence-electron chi connectivity index (χ4n) is 2.41. The van der Waals surface area contributed by atoms with Gasteiger partial charge in [0.25, 0.3) is 0 Å². The number of halogens is 3. The van der Waals surface area contributed by atoms with Crippen LogP contribution < -0.4 is 4.57 Å². The lowest BCUT2D eigenvalue weighted by Gasteiger charge is -2.17.